The first-order valence-corrected chi connectivity index (χ1v) is 8.89. The standard InChI is InChI=1S/C18H24N4O/c1-12-6-2-4-8-15(12)21-18(23)14-11-20-22-16-9-5-3-7-13(16)10-19-17(14)22/h10-12,15H,2-9H2,1H3,(H,21,23)/t12-,15-/m0/s1. The maximum Gasteiger partial charge on any atom is 0.256 e. The van der Waals surface area contributed by atoms with E-state index in [4.69, 9.17) is 0 Å². The van der Waals surface area contributed by atoms with E-state index in [-0.39, 0.29) is 11.9 Å². The van der Waals surface area contributed by atoms with Gasteiger partial charge in [-0.15, -0.1) is 0 Å². The predicted octanol–water partition coefficient (Wildman–Crippen LogP) is 2.92. The average molecular weight is 312 g/mol. The first kappa shape index (κ1) is 14.7. The summed E-state index contributed by atoms with van der Waals surface area (Å²) >= 11 is 0. The van der Waals surface area contributed by atoms with Crippen molar-refractivity contribution >= 4 is 11.6 Å². The lowest BCUT2D eigenvalue weighted by Crippen LogP contribution is -2.41. The molecule has 4 rings (SSSR count). The summed E-state index contributed by atoms with van der Waals surface area (Å²) in [7, 11) is 0. The van der Waals surface area contributed by atoms with Crippen LogP contribution in [0, 0.1) is 5.92 Å². The molecule has 0 radical (unpaired) electrons. The van der Waals surface area contributed by atoms with Gasteiger partial charge in [0.2, 0.25) is 0 Å². The second kappa shape index (κ2) is 5.95. The molecule has 2 aromatic rings. The minimum Gasteiger partial charge on any atom is -0.349 e. The highest BCUT2D eigenvalue weighted by molar-refractivity contribution is 5.99. The molecule has 0 spiro atoms. The van der Waals surface area contributed by atoms with Crippen molar-refractivity contribution in [3.8, 4) is 0 Å². The van der Waals surface area contributed by atoms with Gasteiger partial charge in [0.1, 0.15) is 5.56 Å². The van der Waals surface area contributed by atoms with Crippen molar-refractivity contribution in [3.63, 3.8) is 0 Å². The number of amides is 1. The van der Waals surface area contributed by atoms with Crippen LogP contribution in [-0.4, -0.2) is 26.5 Å². The van der Waals surface area contributed by atoms with Crippen molar-refractivity contribution in [2.45, 2.75) is 64.3 Å². The summed E-state index contributed by atoms with van der Waals surface area (Å²) in [4.78, 5) is 17.2. The van der Waals surface area contributed by atoms with Gasteiger partial charge in [-0.1, -0.05) is 19.8 Å². The number of aromatic nitrogens is 3. The van der Waals surface area contributed by atoms with Crippen molar-refractivity contribution in [3.05, 3.63) is 29.2 Å². The number of carbonyl (C=O) groups excluding carboxylic acids is 1. The van der Waals surface area contributed by atoms with Crippen LogP contribution in [0.4, 0.5) is 0 Å². The molecule has 1 saturated carbocycles. The van der Waals surface area contributed by atoms with E-state index in [1.807, 2.05) is 10.7 Å². The zero-order valence-electron chi connectivity index (χ0n) is 13.7. The largest absolute Gasteiger partial charge is 0.349 e. The minimum atomic E-state index is -0.0259. The highest BCUT2D eigenvalue weighted by Gasteiger charge is 2.25. The van der Waals surface area contributed by atoms with Gasteiger partial charge in [0.15, 0.2) is 5.65 Å². The summed E-state index contributed by atoms with van der Waals surface area (Å²) < 4.78 is 1.88. The molecule has 1 amide bonds. The van der Waals surface area contributed by atoms with Gasteiger partial charge >= 0.3 is 0 Å². The van der Waals surface area contributed by atoms with E-state index in [9.17, 15) is 4.79 Å². The summed E-state index contributed by atoms with van der Waals surface area (Å²) in [6.45, 7) is 2.23. The molecule has 5 heteroatoms. The molecule has 1 N–H and O–H groups in total. The first-order chi connectivity index (χ1) is 11.2. The monoisotopic (exact) mass is 312 g/mol. The van der Waals surface area contributed by atoms with Crippen LogP contribution < -0.4 is 5.32 Å². The summed E-state index contributed by atoms with van der Waals surface area (Å²) in [5.41, 5.74) is 3.81. The third-order valence-electron chi connectivity index (χ3n) is 5.50. The highest BCUT2D eigenvalue weighted by atomic mass is 16.1. The Morgan fingerprint density at radius 3 is 2.87 bits per heavy atom. The van der Waals surface area contributed by atoms with Crippen LogP contribution in [0.2, 0.25) is 0 Å². The lowest BCUT2D eigenvalue weighted by molar-refractivity contribution is 0.0912. The van der Waals surface area contributed by atoms with Crippen molar-refractivity contribution in [2.75, 3.05) is 0 Å². The van der Waals surface area contributed by atoms with Crippen molar-refractivity contribution < 1.29 is 4.79 Å². The predicted molar refractivity (Wildman–Crippen MR) is 88.5 cm³/mol. The zero-order valence-corrected chi connectivity index (χ0v) is 13.7. The number of fused-ring (bicyclic) bond motifs is 3. The summed E-state index contributed by atoms with van der Waals surface area (Å²) in [6, 6.07) is 0.281. The Labute approximate surface area is 136 Å². The van der Waals surface area contributed by atoms with E-state index in [2.05, 4.69) is 22.3 Å². The summed E-state index contributed by atoms with van der Waals surface area (Å²) in [6.07, 6.45) is 12.9. The minimum absolute atomic E-state index is 0.0259. The highest BCUT2D eigenvalue weighted by Crippen LogP contribution is 2.25. The Bertz CT molecular complexity index is 736. The molecule has 1 fully saturated rings. The van der Waals surface area contributed by atoms with E-state index < -0.39 is 0 Å². The second-order valence-electron chi connectivity index (χ2n) is 7.07. The van der Waals surface area contributed by atoms with Crippen LogP contribution in [0.15, 0.2) is 12.4 Å². The Morgan fingerprint density at radius 1 is 1.17 bits per heavy atom. The molecular weight excluding hydrogens is 288 g/mol. The molecule has 0 unspecified atom stereocenters. The van der Waals surface area contributed by atoms with E-state index in [0.29, 0.717) is 17.1 Å². The third kappa shape index (κ3) is 2.62. The average Bonchev–Trinajstić information content (AvgIpc) is 3.01. The molecule has 2 aromatic heterocycles. The fourth-order valence-electron chi connectivity index (χ4n) is 4.03. The van der Waals surface area contributed by atoms with Crippen LogP contribution >= 0.6 is 0 Å². The van der Waals surface area contributed by atoms with Crippen molar-refractivity contribution in [2.24, 2.45) is 5.92 Å². The van der Waals surface area contributed by atoms with E-state index in [0.717, 1.165) is 19.3 Å². The second-order valence-corrected chi connectivity index (χ2v) is 7.07. The van der Waals surface area contributed by atoms with Crippen LogP contribution in [0.5, 0.6) is 0 Å². The summed E-state index contributed by atoms with van der Waals surface area (Å²) in [5, 5.41) is 7.67. The van der Waals surface area contributed by atoms with Crippen molar-refractivity contribution in [1.29, 1.82) is 0 Å². The number of nitrogens with one attached hydrogen (secondary N) is 1. The Hall–Kier alpha value is -1.91. The summed E-state index contributed by atoms with van der Waals surface area (Å²) in [5.74, 6) is 0.525. The molecule has 23 heavy (non-hydrogen) atoms. The molecule has 2 aliphatic rings. The molecular formula is C18H24N4O. The lowest BCUT2D eigenvalue weighted by Gasteiger charge is -2.29. The molecule has 5 nitrogen and oxygen atoms in total. The lowest BCUT2D eigenvalue weighted by atomic mass is 9.86. The van der Waals surface area contributed by atoms with E-state index >= 15 is 0 Å². The van der Waals surface area contributed by atoms with Gasteiger partial charge in [-0.2, -0.15) is 5.10 Å². The van der Waals surface area contributed by atoms with Gasteiger partial charge in [0.25, 0.3) is 5.91 Å². The van der Waals surface area contributed by atoms with Gasteiger partial charge in [-0.25, -0.2) is 9.50 Å². The van der Waals surface area contributed by atoms with Crippen LogP contribution in [-0.2, 0) is 12.8 Å². The van der Waals surface area contributed by atoms with Gasteiger partial charge in [-0.3, -0.25) is 4.79 Å². The Balaban J connectivity index is 1.62. The quantitative estimate of drug-likeness (QED) is 0.927. The number of aryl methyl sites for hydroxylation is 2. The fraction of sp³-hybridized carbons (Fsp3) is 0.611. The Kier molecular flexibility index (Phi) is 3.79. The van der Waals surface area contributed by atoms with Gasteiger partial charge in [0.05, 0.1) is 6.20 Å². The van der Waals surface area contributed by atoms with E-state index in [1.54, 1.807) is 6.20 Å². The molecule has 2 aliphatic carbocycles. The van der Waals surface area contributed by atoms with Gasteiger partial charge < -0.3 is 5.32 Å². The number of hydrogen-bond acceptors (Lipinski definition) is 3. The zero-order chi connectivity index (χ0) is 15.8. The van der Waals surface area contributed by atoms with E-state index in [1.165, 1.54) is 43.4 Å². The maximum absolute atomic E-state index is 12.7. The molecule has 0 bridgehead atoms. The fourth-order valence-corrected chi connectivity index (χ4v) is 4.03. The smallest absolute Gasteiger partial charge is 0.256 e. The van der Waals surface area contributed by atoms with Gasteiger partial charge in [0, 0.05) is 17.9 Å². The molecule has 2 atom stereocenters. The Morgan fingerprint density at radius 2 is 2.00 bits per heavy atom. The van der Waals surface area contributed by atoms with Gasteiger partial charge in [-0.05, 0) is 50.0 Å². The molecule has 0 saturated heterocycles. The molecule has 0 aromatic carbocycles. The number of carbonyl (C=O) groups is 1. The number of rotatable bonds is 2. The number of nitrogens with zero attached hydrogens (tertiary/aromatic N) is 3. The molecule has 0 aliphatic heterocycles. The molecule has 2 heterocycles. The number of hydrogen-bond donors (Lipinski definition) is 1. The SMILES string of the molecule is C[C@H]1CCCC[C@@H]1NC(=O)c1cnn2c3c(cnc12)CCCC3. The van der Waals surface area contributed by atoms with Crippen LogP contribution in [0.25, 0.3) is 5.65 Å². The first-order valence-electron chi connectivity index (χ1n) is 8.89. The third-order valence-corrected chi connectivity index (χ3v) is 5.50. The normalized spacial score (nSPS) is 24.4. The molecule has 122 valence electrons. The van der Waals surface area contributed by atoms with Crippen LogP contribution in [0.3, 0.4) is 0 Å². The topological polar surface area (TPSA) is 59.3 Å². The van der Waals surface area contributed by atoms with Crippen molar-refractivity contribution in [1.82, 2.24) is 19.9 Å². The maximum atomic E-state index is 12.7. The van der Waals surface area contributed by atoms with Crippen LogP contribution in [0.1, 0.15) is 67.1 Å².